The number of hydrogen-bond acceptors (Lipinski definition) is 4. The standard InChI is InChI=1S/C17H18N4/c1-14-3-2-4-16(11-14)20-7-9-21(10-8-20)17-12-15(13-18)5-6-19-17/h2-6,11-12H,7-10H2,1H3. The average Bonchev–Trinajstić information content (AvgIpc) is 2.55. The van der Waals surface area contributed by atoms with Gasteiger partial charge in [0, 0.05) is 38.1 Å². The predicted octanol–water partition coefficient (Wildman–Crippen LogP) is 2.59. The molecule has 0 saturated carbocycles. The second-order valence-electron chi connectivity index (χ2n) is 5.33. The molecule has 1 aromatic heterocycles. The van der Waals surface area contributed by atoms with Crippen molar-refractivity contribution in [2.75, 3.05) is 36.0 Å². The van der Waals surface area contributed by atoms with Gasteiger partial charge >= 0.3 is 0 Å². The molecule has 0 atom stereocenters. The Morgan fingerprint density at radius 2 is 1.81 bits per heavy atom. The summed E-state index contributed by atoms with van der Waals surface area (Å²) in [5.74, 6) is 0.901. The van der Waals surface area contributed by atoms with Crippen LogP contribution in [0.3, 0.4) is 0 Å². The molecule has 0 radical (unpaired) electrons. The maximum atomic E-state index is 8.97. The lowest BCUT2D eigenvalue weighted by atomic mass is 10.2. The second-order valence-corrected chi connectivity index (χ2v) is 5.33. The molecule has 4 nitrogen and oxygen atoms in total. The summed E-state index contributed by atoms with van der Waals surface area (Å²) in [6.07, 6.45) is 1.71. The van der Waals surface area contributed by atoms with Crippen molar-refractivity contribution < 1.29 is 0 Å². The summed E-state index contributed by atoms with van der Waals surface area (Å²) in [5, 5.41) is 8.97. The third kappa shape index (κ3) is 2.97. The highest BCUT2D eigenvalue weighted by atomic mass is 15.3. The Bertz CT molecular complexity index is 666. The van der Waals surface area contributed by atoms with E-state index in [1.54, 1.807) is 12.3 Å². The summed E-state index contributed by atoms with van der Waals surface area (Å²) in [6.45, 7) is 5.92. The number of piperazine rings is 1. The van der Waals surface area contributed by atoms with Crippen LogP contribution in [0.25, 0.3) is 0 Å². The van der Waals surface area contributed by atoms with Crippen molar-refractivity contribution in [3.05, 3.63) is 53.7 Å². The number of nitrogens with zero attached hydrogens (tertiary/aromatic N) is 4. The molecule has 1 aliphatic rings. The van der Waals surface area contributed by atoms with Gasteiger partial charge in [-0.1, -0.05) is 12.1 Å². The maximum absolute atomic E-state index is 8.97. The van der Waals surface area contributed by atoms with Gasteiger partial charge in [0.1, 0.15) is 5.82 Å². The van der Waals surface area contributed by atoms with E-state index in [0.29, 0.717) is 5.56 Å². The summed E-state index contributed by atoms with van der Waals surface area (Å²) in [5.41, 5.74) is 3.24. The zero-order chi connectivity index (χ0) is 14.7. The van der Waals surface area contributed by atoms with Crippen molar-refractivity contribution in [1.82, 2.24) is 4.98 Å². The van der Waals surface area contributed by atoms with Crippen LogP contribution in [-0.4, -0.2) is 31.2 Å². The molecule has 1 aromatic carbocycles. The minimum Gasteiger partial charge on any atom is -0.368 e. The first kappa shape index (κ1) is 13.4. The van der Waals surface area contributed by atoms with Crippen LogP contribution >= 0.6 is 0 Å². The number of benzene rings is 1. The van der Waals surface area contributed by atoms with Crippen molar-refractivity contribution >= 4 is 11.5 Å². The van der Waals surface area contributed by atoms with Crippen molar-refractivity contribution in [2.45, 2.75) is 6.92 Å². The summed E-state index contributed by atoms with van der Waals surface area (Å²) in [4.78, 5) is 9.02. The van der Waals surface area contributed by atoms with E-state index >= 15 is 0 Å². The molecular formula is C17H18N4. The lowest BCUT2D eigenvalue weighted by molar-refractivity contribution is 0.647. The fraction of sp³-hybridized carbons (Fsp3) is 0.294. The SMILES string of the molecule is Cc1cccc(N2CCN(c3cc(C#N)ccn3)CC2)c1. The molecule has 106 valence electrons. The number of rotatable bonds is 2. The number of hydrogen-bond donors (Lipinski definition) is 0. The van der Waals surface area contributed by atoms with Crippen molar-refractivity contribution in [1.29, 1.82) is 5.26 Å². The second kappa shape index (κ2) is 5.84. The molecule has 2 aromatic rings. The Morgan fingerprint density at radius 1 is 1.05 bits per heavy atom. The van der Waals surface area contributed by atoms with Crippen LogP contribution in [0.2, 0.25) is 0 Å². The Hall–Kier alpha value is -2.54. The van der Waals surface area contributed by atoms with E-state index in [-0.39, 0.29) is 0 Å². The smallest absolute Gasteiger partial charge is 0.129 e. The van der Waals surface area contributed by atoms with Gasteiger partial charge in [0.25, 0.3) is 0 Å². The minimum atomic E-state index is 0.668. The number of pyridine rings is 1. The monoisotopic (exact) mass is 278 g/mol. The third-order valence-corrected chi connectivity index (χ3v) is 3.85. The largest absolute Gasteiger partial charge is 0.368 e. The van der Waals surface area contributed by atoms with E-state index in [1.807, 2.05) is 6.07 Å². The summed E-state index contributed by atoms with van der Waals surface area (Å²) >= 11 is 0. The van der Waals surface area contributed by atoms with Gasteiger partial charge in [-0.15, -0.1) is 0 Å². The third-order valence-electron chi connectivity index (χ3n) is 3.85. The molecule has 1 aliphatic heterocycles. The Morgan fingerprint density at radius 3 is 2.52 bits per heavy atom. The van der Waals surface area contributed by atoms with Gasteiger partial charge in [-0.05, 0) is 36.8 Å². The van der Waals surface area contributed by atoms with Crippen LogP contribution in [0.1, 0.15) is 11.1 Å². The van der Waals surface area contributed by atoms with Crippen molar-refractivity contribution in [3.8, 4) is 6.07 Å². The molecule has 0 unspecified atom stereocenters. The lowest BCUT2D eigenvalue weighted by Gasteiger charge is -2.36. The number of nitriles is 1. The Balaban J connectivity index is 1.69. The van der Waals surface area contributed by atoms with E-state index in [1.165, 1.54) is 11.3 Å². The van der Waals surface area contributed by atoms with Gasteiger partial charge in [-0.3, -0.25) is 0 Å². The number of aromatic nitrogens is 1. The van der Waals surface area contributed by atoms with E-state index < -0.39 is 0 Å². The molecule has 4 heteroatoms. The summed E-state index contributed by atoms with van der Waals surface area (Å²) < 4.78 is 0. The molecule has 0 bridgehead atoms. The molecule has 1 fully saturated rings. The fourth-order valence-corrected chi connectivity index (χ4v) is 2.68. The molecule has 0 N–H and O–H groups in total. The van der Waals surface area contributed by atoms with Crippen LogP contribution in [0.4, 0.5) is 11.5 Å². The van der Waals surface area contributed by atoms with Crippen molar-refractivity contribution in [2.24, 2.45) is 0 Å². The predicted molar refractivity (Wildman–Crippen MR) is 84.6 cm³/mol. The topological polar surface area (TPSA) is 43.2 Å². The highest BCUT2D eigenvalue weighted by Crippen LogP contribution is 2.20. The lowest BCUT2D eigenvalue weighted by Crippen LogP contribution is -2.46. The molecule has 2 heterocycles. The Kier molecular flexibility index (Phi) is 3.74. The molecule has 0 spiro atoms. The van der Waals surface area contributed by atoms with Crippen LogP contribution in [0, 0.1) is 18.3 Å². The van der Waals surface area contributed by atoms with E-state index in [2.05, 4.69) is 52.0 Å². The van der Waals surface area contributed by atoms with Crippen LogP contribution in [0.15, 0.2) is 42.6 Å². The van der Waals surface area contributed by atoms with Gasteiger partial charge in [0.05, 0.1) is 11.6 Å². The highest BCUT2D eigenvalue weighted by molar-refractivity contribution is 5.51. The molecule has 1 saturated heterocycles. The molecule has 3 rings (SSSR count). The zero-order valence-corrected chi connectivity index (χ0v) is 12.2. The maximum Gasteiger partial charge on any atom is 0.129 e. The first-order chi connectivity index (χ1) is 10.3. The average molecular weight is 278 g/mol. The summed E-state index contributed by atoms with van der Waals surface area (Å²) in [7, 11) is 0. The van der Waals surface area contributed by atoms with Gasteiger partial charge in [-0.2, -0.15) is 5.26 Å². The van der Waals surface area contributed by atoms with Gasteiger partial charge in [0.15, 0.2) is 0 Å². The fourth-order valence-electron chi connectivity index (χ4n) is 2.68. The highest BCUT2D eigenvalue weighted by Gasteiger charge is 2.18. The molecule has 21 heavy (non-hydrogen) atoms. The van der Waals surface area contributed by atoms with Crippen molar-refractivity contribution in [3.63, 3.8) is 0 Å². The quantitative estimate of drug-likeness (QED) is 0.847. The van der Waals surface area contributed by atoms with Gasteiger partial charge < -0.3 is 9.80 Å². The van der Waals surface area contributed by atoms with Crippen LogP contribution < -0.4 is 9.80 Å². The van der Waals surface area contributed by atoms with Gasteiger partial charge in [-0.25, -0.2) is 4.98 Å². The number of anilines is 2. The first-order valence-electron chi connectivity index (χ1n) is 7.19. The number of aryl methyl sites for hydroxylation is 1. The van der Waals surface area contributed by atoms with E-state index in [9.17, 15) is 0 Å². The van der Waals surface area contributed by atoms with E-state index in [4.69, 9.17) is 5.26 Å². The zero-order valence-electron chi connectivity index (χ0n) is 12.2. The van der Waals surface area contributed by atoms with Crippen LogP contribution in [-0.2, 0) is 0 Å². The molecule has 0 aliphatic carbocycles. The normalized spacial score (nSPS) is 14.9. The molecular weight excluding hydrogens is 260 g/mol. The van der Waals surface area contributed by atoms with Gasteiger partial charge in [0.2, 0.25) is 0 Å². The van der Waals surface area contributed by atoms with E-state index in [0.717, 1.165) is 32.0 Å². The minimum absolute atomic E-state index is 0.668. The summed E-state index contributed by atoms with van der Waals surface area (Å²) in [6, 6.07) is 14.4. The molecule has 0 amide bonds. The first-order valence-corrected chi connectivity index (χ1v) is 7.19. The Labute approximate surface area is 125 Å². The van der Waals surface area contributed by atoms with Crippen LogP contribution in [0.5, 0.6) is 0 Å².